The lowest BCUT2D eigenvalue weighted by atomic mass is 10.1. The highest BCUT2D eigenvalue weighted by molar-refractivity contribution is 5.65. The van der Waals surface area contributed by atoms with Crippen LogP contribution in [0.25, 0.3) is 17.1 Å². The van der Waals surface area contributed by atoms with Crippen LogP contribution in [0.1, 0.15) is 5.56 Å². The zero-order valence-electron chi connectivity index (χ0n) is 11.1. The summed E-state index contributed by atoms with van der Waals surface area (Å²) < 4.78 is 28.9. The summed E-state index contributed by atoms with van der Waals surface area (Å²) >= 11 is 0. The topological polar surface area (TPSA) is 69.6 Å². The Balaban J connectivity index is 2.18. The summed E-state index contributed by atoms with van der Waals surface area (Å²) in [6.07, 6.45) is 0. The lowest BCUT2D eigenvalue weighted by Gasteiger charge is -2.08. The zero-order chi connectivity index (χ0) is 15.0. The predicted molar refractivity (Wildman–Crippen MR) is 73.7 cm³/mol. The van der Waals surface area contributed by atoms with Gasteiger partial charge in [-0.3, -0.25) is 0 Å². The molecule has 0 bridgehead atoms. The highest BCUT2D eigenvalue weighted by Gasteiger charge is 2.16. The number of nitrogens with two attached hydrogens (primary N) is 1. The van der Waals surface area contributed by atoms with E-state index in [1.165, 1.54) is 22.9 Å². The molecule has 106 valence electrons. The number of anilines is 1. The van der Waals surface area contributed by atoms with Gasteiger partial charge in [0.05, 0.1) is 0 Å². The molecule has 0 saturated heterocycles. The fourth-order valence-electron chi connectivity index (χ4n) is 1.98. The van der Waals surface area contributed by atoms with Gasteiger partial charge in [-0.1, -0.05) is 12.1 Å². The minimum absolute atomic E-state index is 0.178. The van der Waals surface area contributed by atoms with Crippen molar-refractivity contribution in [2.24, 2.45) is 0 Å². The van der Waals surface area contributed by atoms with Crippen molar-refractivity contribution in [2.75, 3.05) is 5.73 Å². The van der Waals surface area contributed by atoms with E-state index < -0.39 is 11.6 Å². The van der Waals surface area contributed by atoms with Crippen molar-refractivity contribution in [3.8, 4) is 17.1 Å². The Kier molecular flexibility index (Phi) is 3.09. The van der Waals surface area contributed by atoms with Crippen LogP contribution in [0.3, 0.4) is 0 Å². The first kappa shape index (κ1) is 13.2. The Bertz CT molecular complexity index is 790. The standard InChI is InChI=1S/C14H11F2N5/c1-8-11(16)6-9(7-12(8)17)14-18-19-20-21(14)13-5-3-2-4-10(13)15/h2-7H,17H2,1H3. The van der Waals surface area contributed by atoms with E-state index in [-0.39, 0.29) is 17.2 Å². The fourth-order valence-corrected chi connectivity index (χ4v) is 1.98. The molecule has 0 aliphatic rings. The Morgan fingerprint density at radius 1 is 1.10 bits per heavy atom. The summed E-state index contributed by atoms with van der Waals surface area (Å²) in [5.74, 6) is -0.731. The molecule has 0 unspecified atom stereocenters. The summed E-state index contributed by atoms with van der Waals surface area (Å²) in [7, 11) is 0. The summed E-state index contributed by atoms with van der Waals surface area (Å²) in [5.41, 5.74) is 6.95. The summed E-state index contributed by atoms with van der Waals surface area (Å²) in [6, 6.07) is 8.88. The van der Waals surface area contributed by atoms with Crippen LogP contribution in [0, 0.1) is 18.6 Å². The summed E-state index contributed by atoms with van der Waals surface area (Å²) in [5, 5.41) is 11.1. The lowest BCUT2D eigenvalue weighted by molar-refractivity contribution is 0.607. The van der Waals surface area contributed by atoms with Gasteiger partial charge < -0.3 is 5.73 Å². The maximum Gasteiger partial charge on any atom is 0.187 e. The quantitative estimate of drug-likeness (QED) is 0.735. The second-order valence-electron chi connectivity index (χ2n) is 4.54. The fraction of sp³-hybridized carbons (Fsp3) is 0.0714. The Morgan fingerprint density at radius 3 is 2.57 bits per heavy atom. The second kappa shape index (κ2) is 4.93. The summed E-state index contributed by atoms with van der Waals surface area (Å²) in [4.78, 5) is 0. The van der Waals surface area contributed by atoms with Crippen LogP contribution in [0.2, 0.25) is 0 Å². The number of nitrogens with zero attached hydrogens (tertiary/aromatic N) is 4. The van der Waals surface area contributed by atoms with Crippen molar-refractivity contribution in [1.29, 1.82) is 0 Å². The van der Waals surface area contributed by atoms with Gasteiger partial charge in [-0.25, -0.2) is 8.78 Å². The highest BCUT2D eigenvalue weighted by atomic mass is 19.1. The molecule has 1 aromatic heterocycles. The number of para-hydroxylation sites is 1. The first-order chi connectivity index (χ1) is 10.1. The molecule has 0 radical (unpaired) electrons. The van der Waals surface area contributed by atoms with Crippen LogP contribution in [-0.2, 0) is 0 Å². The zero-order valence-corrected chi connectivity index (χ0v) is 11.1. The molecule has 2 aromatic carbocycles. The largest absolute Gasteiger partial charge is 0.398 e. The van der Waals surface area contributed by atoms with Crippen molar-refractivity contribution in [3.05, 3.63) is 53.6 Å². The number of tetrazole rings is 1. The van der Waals surface area contributed by atoms with E-state index in [9.17, 15) is 8.78 Å². The lowest BCUT2D eigenvalue weighted by Crippen LogP contribution is -2.03. The van der Waals surface area contributed by atoms with E-state index in [0.717, 1.165) is 0 Å². The van der Waals surface area contributed by atoms with Gasteiger partial charge in [0.15, 0.2) is 5.82 Å². The molecule has 0 spiro atoms. The maximum absolute atomic E-state index is 13.9. The molecule has 3 aromatic rings. The number of aromatic nitrogens is 4. The predicted octanol–water partition coefficient (Wildman–Crippen LogP) is 2.50. The number of halogens is 2. The highest BCUT2D eigenvalue weighted by Crippen LogP contribution is 2.26. The normalized spacial score (nSPS) is 10.8. The molecule has 3 rings (SSSR count). The van der Waals surface area contributed by atoms with Crippen LogP contribution in [-0.4, -0.2) is 20.2 Å². The first-order valence-electron chi connectivity index (χ1n) is 6.17. The number of benzene rings is 2. The third kappa shape index (κ3) is 2.22. The van der Waals surface area contributed by atoms with E-state index in [1.807, 2.05) is 0 Å². The van der Waals surface area contributed by atoms with E-state index in [0.29, 0.717) is 11.1 Å². The average Bonchev–Trinajstić information content (AvgIpc) is 2.94. The number of rotatable bonds is 2. The van der Waals surface area contributed by atoms with Gasteiger partial charge in [0.1, 0.15) is 17.3 Å². The van der Waals surface area contributed by atoms with Gasteiger partial charge >= 0.3 is 0 Å². The van der Waals surface area contributed by atoms with Crippen molar-refractivity contribution in [3.63, 3.8) is 0 Å². The van der Waals surface area contributed by atoms with Crippen LogP contribution in [0.5, 0.6) is 0 Å². The summed E-state index contributed by atoms with van der Waals surface area (Å²) in [6.45, 7) is 1.58. The minimum Gasteiger partial charge on any atom is -0.398 e. The molecule has 0 aliphatic carbocycles. The van der Waals surface area contributed by atoms with Crippen LogP contribution in [0.4, 0.5) is 14.5 Å². The SMILES string of the molecule is Cc1c(N)cc(-c2nnnn2-c2ccccc2F)cc1F. The monoisotopic (exact) mass is 287 g/mol. The van der Waals surface area contributed by atoms with Gasteiger partial charge in [-0.2, -0.15) is 4.68 Å². The van der Waals surface area contributed by atoms with Gasteiger partial charge in [-0.05, 0) is 41.6 Å². The van der Waals surface area contributed by atoms with E-state index in [2.05, 4.69) is 15.5 Å². The van der Waals surface area contributed by atoms with E-state index in [4.69, 9.17) is 5.73 Å². The molecule has 0 atom stereocenters. The van der Waals surface area contributed by atoms with Gasteiger partial charge in [0, 0.05) is 16.8 Å². The van der Waals surface area contributed by atoms with Crippen LogP contribution < -0.4 is 5.73 Å². The van der Waals surface area contributed by atoms with Gasteiger partial charge in [0.2, 0.25) is 0 Å². The molecule has 7 heteroatoms. The molecule has 2 N–H and O–H groups in total. The molecule has 0 saturated carbocycles. The van der Waals surface area contributed by atoms with Crippen molar-refractivity contribution >= 4 is 5.69 Å². The number of hydrogen-bond acceptors (Lipinski definition) is 4. The molecule has 0 fully saturated rings. The minimum atomic E-state index is -0.480. The van der Waals surface area contributed by atoms with Gasteiger partial charge in [0.25, 0.3) is 0 Å². The molecule has 1 heterocycles. The third-order valence-electron chi connectivity index (χ3n) is 3.19. The second-order valence-corrected chi connectivity index (χ2v) is 4.54. The number of nitrogen functional groups attached to an aromatic ring is 1. The molecule has 5 nitrogen and oxygen atoms in total. The third-order valence-corrected chi connectivity index (χ3v) is 3.19. The van der Waals surface area contributed by atoms with Crippen LogP contribution in [0.15, 0.2) is 36.4 Å². The Hall–Kier alpha value is -2.83. The van der Waals surface area contributed by atoms with E-state index in [1.54, 1.807) is 25.1 Å². The first-order valence-corrected chi connectivity index (χ1v) is 6.17. The van der Waals surface area contributed by atoms with Crippen molar-refractivity contribution < 1.29 is 8.78 Å². The molecule has 21 heavy (non-hydrogen) atoms. The van der Waals surface area contributed by atoms with Crippen molar-refractivity contribution in [1.82, 2.24) is 20.2 Å². The molecular weight excluding hydrogens is 276 g/mol. The van der Waals surface area contributed by atoms with E-state index >= 15 is 0 Å². The average molecular weight is 287 g/mol. The van der Waals surface area contributed by atoms with Gasteiger partial charge in [-0.15, -0.1) is 5.10 Å². The number of hydrogen-bond donors (Lipinski definition) is 1. The van der Waals surface area contributed by atoms with Crippen molar-refractivity contribution in [2.45, 2.75) is 6.92 Å². The molecule has 0 amide bonds. The smallest absolute Gasteiger partial charge is 0.187 e. The van der Waals surface area contributed by atoms with Crippen LogP contribution >= 0.6 is 0 Å². The maximum atomic E-state index is 13.9. The molecular formula is C14H11F2N5. The Labute approximate surface area is 119 Å². The Morgan fingerprint density at radius 2 is 1.86 bits per heavy atom. The molecule has 0 aliphatic heterocycles.